The molecule has 0 bridgehead atoms. The summed E-state index contributed by atoms with van der Waals surface area (Å²) in [6.45, 7) is 4.22. The lowest BCUT2D eigenvalue weighted by Gasteiger charge is -2.32. The molecule has 5 nitrogen and oxygen atoms in total. The van der Waals surface area contributed by atoms with Crippen LogP contribution < -0.4 is 5.32 Å². The molecule has 0 aliphatic carbocycles. The Morgan fingerprint density at radius 2 is 1.97 bits per heavy atom. The molecule has 1 aliphatic heterocycles. The molecule has 0 saturated carbocycles. The summed E-state index contributed by atoms with van der Waals surface area (Å²) in [6.07, 6.45) is 1.78. The number of aryl methyl sites for hydroxylation is 1. The first-order chi connectivity index (χ1) is 13.9. The van der Waals surface area contributed by atoms with Crippen LogP contribution in [0.2, 0.25) is 10.0 Å². The van der Waals surface area contributed by atoms with Crippen LogP contribution in [0.15, 0.2) is 36.4 Å². The fraction of sp³-hybridized carbons (Fsp3) is 0.364. The van der Waals surface area contributed by atoms with E-state index in [1.807, 2.05) is 19.1 Å². The van der Waals surface area contributed by atoms with Gasteiger partial charge in [-0.15, -0.1) is 0 Å². The summed E-state index contributed by atoms with van der Waals surface area (Å²) < 4.78 is 4.76. The number of nitrogens with zero attached hydrogens (tertiary/aromatic N) is 1. The van der Waals surface area contributed by atoms with Crippen LogP contribution in [-0.2, 0) is 16.1 Å². The minimum absolute atomic E-state index is 0.0334. The zero-order valence-corrected chi connectivity index (χ0v) is 18.0. The molecule has 1 saturated heterocycles. The lowest BCUT2D eigenvalue weighted by Crippen LogP contribution is -2.40. The number of methoxy groups -OCH3 is 1. The molecule has 1 fully saturated rings. The largest absolute Gasteiger partial charge is 0.465 e. The summed E-state index contributed by atoms with van der Waals surface area (Å²) in [5.74, 6) is -0.576. The number of amides is 1. The van der Waals surface area contributed by atoms with Crippen molar-refractivity contribution in [3.63, 3.8) is 0 Å². The summed E-state index contributed by atoms with van der Waals surface area (Å²) in [6, 6.07) is 10.8. The van der Waals surface area contributed by atoms with E-state index in [1.165, 1.54) is 7.11 Å². The number of anilines is 1. The normalized spacial score (nSPS) is 17.0. The Morgan fingerprint density at radius 3 is 2.69 bits per heavy atom. The van der Waals surface area contributed by atoms with Crippen molar-refractivity contribution in [1.29, 1.82) is 0 Å². The average molecular weight is 435 g/mol. The Labute approximate surface area is 180 Å². The number of nitrogens with one attached hydrogen (secondary N) is 1. The number of piperidine rings is 1. The van der Waals surface area contributed by atoms with Crippen molar-refractivity contribution in [3.05, 3.63) is 63.1 Å². The topological polar surface area (TPSA) is 58.6 Å². The number of esters is 1. The molecule has 2 aromatic rings. The summed E-state index contributed by atoms with van der Waals surface area (Å²) in [7, 11) is 1.34. The number of rotatable bonds is 5. The predicted molar refractivity (Wildman–Crippen MR) is 116 cm³/mol. The van der Waals surface area contributed by atoms with E-state index < -0.39 is 5.97 Å². The van der Waals surface area contributed by atoms with E-state index in [1.54, 1.807) is 24.3 Å². The highest BCUT2D eigenvalue weighted by molar-refractivity contribution is 6.42. The van der Waals surface area contributed by atoms with Crippen molar-refractivity contribution in [2.45, 2.75) is 26.3 Å². The van der Waals surface area contributed by atoms with Gasteiger partial charge in [-0.05, 0) is 61.7 Å². The van der Waals surface area contributed by atoms with Gasteiger partial charge in [0.05, 0.1) is 28.6 Å². The zero-order chi connectivity index (χ0) is 21.0. The molecule has 0 aromatic heterocycles. The van der Waals surface area contributed by atoms with Gasteiger partial charge in [0.1, 0.15) is 0 Å². The van der Waals surface area contributed by atoms with E-state index in [4.69, 9.17) is 27.9 Å². The summed E-state index contributed by atoms with van der Waals surface area (Å²) in [5, 5.41) is 4.06. The highest BCUT2D eigenvalue weighted by atomic mass is 35.5. The Balaban J connectivity index is 1.65. The van der Waals surface area contributed by atoms with Crippen LogP contribution >= 0.6 is 23.2 Å². The number of likely N-dealkylation sites (tertiary alicyclic amines) is 1. The van der Waals surface area contributed by atoms with Gasteiger partial charge in [-0.1, -0.05) is 35.3 Å². The predicted octanol–water partition coefficient (Wildman–Crippen LogP) is 4.94. The van der Waals surface area contributed by atoms with Gasteiger partial charge < -0.3 is 10.1 Å². The first-order valence-electron chi connectivity index (χ1n) is 9.53. The summed E-state index contributed by atoms with van der Waals surface area (Å²) in [4.78, 5) is 26.9. The highest BCUT2D eigenvalue weighted by Crippen LogP contribution is 2.26. The second-order valence-electron chi connectivity index (χ2n) is 7.33. The number of hydrogen-bond donors (Lipinski definition) is 1. The molecule has 1 atom stereocenters. The maximum atomic E-state index is 12.9. The number of ether oxygens (including phenoxy) is 1. The second kappa shape index (κ2) is 9.61. The highest BCUT2D eigenvalue weighted by Gasteiger charge is 2.26. The van der Waals surface area contributed by atoms with Gasteiger partial charge in [0.25, 0.3) is 0 Å². The molecule has 0 spiro atoms. The molecule has 2 aromatic carbocycles. The van der Waals surface area contributed by atoms with E-state index in [9.17, 15) is 9.59 Å². The molecule has 1 N–H and O–H groups in total. The van der Waals surface area contributed by atoms with Gasteiger partial charge in [-0.3, -0.25) is 9.69 Å². The molecule has 0 radical (unpaired) electrons. The molecule has 7 heteroatoms. The van der Waals surface area contributed by atoms with E-state index in [2.05, 4.69) is 10.2 Å². The van der Waals surface area contributed by atoms with Crippen molar-refractivity contribution in [3.8, 4) is 0 Å². The molecular formula is C22H24Cl2N2O3. The number of benzene rings is 2. The maximum absolute atomic E-state index is 12.9. The van der Waals surface area contributed by atoms with Crippen molar-refractivity contribution < 1.29 is 14.3 Å². The molecule has 29 heavy (non-hydrogen) atoms. The molecule has 1 aliphatic rings. The molecule has 3 rings (SSSR count). The first kappa shape index (κ1) is 21.6. The van der Waals surface area contributed by atoms with E-state index in [0.29, 0.717) is 27.8 Å². The van der Waals surface area contributed by atoms with E-state index in [-0.39, 0.29) is 11.8 Å². The van der Waals surface area contributed by atoms with Crippen LogP contribution in [0.3, 0.4) is 0 Å². The third kappa shape index (κ3) is 5.50. The average Bonchev–Trinajstić information content (AvgIpc) is 2.72. The van der Waals surface area contributed by atoms with Crippen molar-refractivity contribution in [2.75, 3.05) is 25.5 Å². The monoisotopic (exact) mass is 434 g/mol. The zero-order valence-electron chi connectivity index (χ0n) is 16.5. The molecule has 154 valence electrons. The van der Waals surface area contributed by atoms with Crippen LogP contribution in [0.25, 0.3) is 0 Å². The minimum atomic E-state index is -0.425. The number of halogens is 2. The Kier molecular flexibility index (Phi) is 7.17. The van der Waals surface area contributed by atoms with Crippen LogP contribution in [-0.4, -0.2) is 37.0 Å². The minimum Gasteiger partial charge on any atom is -0.465 e. The molecular weight excluding hydrogens is 411 g/mol. The first-order valence-corrected chi connectivity index (χ1v) is 10.3. The van der Waals surface area contributed by atoms with Crippen LogP contribution in [0.4, 0.5) is 5.69 Å². The number of carbonyl (C=O) groups excluding carboxylic acids is 2. The molecule has 1 unspecified atom stereocenters. The Morgan fingerprint density at radius 1 is 1.17 bits per heavy atom. The smallest absolute Gasteiger partial charge is 0.337 e. The van der Waals surface area contributed by atoms with Gasteiger partial charge in [-0.25, -0.2) is 4.79 Å². The van der Waals surface area contributed by atoms with Crippen molar-refractivity contribution in [2.24, 2.45) is 5.92 Å². The summed E-state index contributed by atoms with van der Waals surface area (Å²) in [5.41, 5.74) is 3.02. The lowest BCUT2D eigenvalue weighted by atomic mass is 9.96. The fourth-order valence-corrected chi connectivity index (χ4v) is 3.87. The Bertz CT molecular complexity index is 917. The van der Waals surface area contributed by atoms with Crippen LogP contribution in [0.1, 0.15) is 34.3 Å². The SMILES string of the molecule is COC(=O)c1ccc(C)c(NC(=O)C2CCCN(Cc3ccc(Cl)c(Cl)c3)C2)c1. The van der Waals surface area contributed by atoms with E-state index >= 15 is 0 Å². The third-order valence-electron chi connectivity index (χ3n) is 5.18. The summed E-state index contributed by atoms with van der Waals surface area (Å²) >= 11 is 12.1. The fourth-order valence-electron chi connectivity index (χ4n) is 3.55. The van der Waals surface area contributed by atoms with Gasteiger partial charge in [0.15, 0.2) is 0 Å². The Hall–Kier alpha value is -2.08. The van der Waals surface area contributed by atoms with Gasteiger partial charge in [0.2, 0.25) is 5.91 Å². The van der Waals surface area contributed by atoms with Gasteiger partial charge >= 0.3 is 5.97 Å². The van der Waals surface area contributed by atoms with Crippen LogP contribution in [0, 0.1) is 12.8 Å². The maximum Gasteiger partial charge on any atom is 0.337 e. The quantitative estimate of drug-likeness (QED) is 0.676. The van der Waals surface area contributed by atoms with Crippen LogP contribution in [0.5, 0.6) is 0 Å². The van der Waals surface area contributed by atoms with Crippen molar-refractivity contribution in [1.82, 2.24) is 4.90 Å². The molecule has 1 amide bonds. The van der Waals surface area contributed by atoms with E-state index in [0.717, 1.165) is 37.1 Å². The standard InChI is InChI=1S/C22H24Cl2N2O3/c1-14-5-7-16(22(28)29-2)11-20(14)25-21(27)17-4-3-9-26(13-17)12-15-6-8-18(23)19(24)10-15/h5-8,10-11,17H,3-4,9,12-13H2,1-2H3,(H,25,27). The molecule has 1 heterocycles. The lowest BCUT2D eigenvalue weighted by molar-refractivity contribution is -0.121. The second-order valence-corrected chi connectivity index (χ2v) is 8.15. The van der Waals surface area contributed by atoms with Gasteiger partial charge in [-0.2, -0.15) is 0 Å². The van der Waals surface area contributed by atoms with Gasteiger partial charge in [0, 0.05) is 18.8 Å². The number of hydrogen-bond acceptors (Lipinski definition) is 4. The van der Waals surface area contributed by atoms with Crippen molar-refractivity contribution >= 4 is 40.8 Å². The number of carbonyl (C=O) groups is 2. The third-order valence-corrected chi connectivity index (χ3v) is 5.92.